The second kappa shape index (κ2) is 18.1. The van der Waals surface area contributed by atoms with Crippen molar-refractivity contribution in [2.75, 3.05) is 13.2 Å². The Balaban J connectivity index is 1.15. The number of aliphatic hydroxyl groups is 1. The fourth-order valence-electron chi connectivity index (χ4n) is 7.29. The number of aromatic carboxylic acids is 1. The third-order valence-electron chi connectivity index (χ3n) is 10.6. The highest BCUT2D eigenvalue weighted by molar-refractivity contribution is 7.50. The van der Waals surface area contributed by atoms with Gasteiger partial charge in [0.1, 0.15) is 36.2 Å². The molecule has 2 aliphatic heterocycles. The van der Waals surface area contributed by atoms with Crippen LogP contribution in [0.2, 0.25) is 0 Å². The number of nitrogens with zero attached hydrogens (tertiary/aromatic N) is 2. The van der Waals surface area contributed by atoms with Gasteiger partial charge in [-0.3, -0.25) is 42.8 Å². The lowest BCUT2D eigenvalue weighted by atomic mass is 9.89. The molecule has 3 unspecified atom stereocenters. The van der Waals surface area contributed by atoms with Crippen molar-refractivity contribution in [1.29, 1.82) is 0 Å². The van der Waals surface area contributed by atoms with Crippen LogP contribution in [0.1, 0.15) is 51.4 Å². The Morgan fingerprint density at radius 2 is 1.67 bits per heavy atom. The van der Waals surface area contributed by atoms with Crippen molar-refractivity contribution >= 4 is 30.6 Å². The van der Waals surface area contributed by atoms with E-state index in [0.29, 0.717) is 10.9 Å². The zero-order valence-electron chi connectivity index (χ0n) is 34.1. The summed E-state index contributed by atoms with van der Waals surface area (Å²) in [6.45, 7) is 2.53. The van der Waals surface area contributed by atoms with Crippen molar-refractivity contribution in [3.8, 4) is 28.2 Å². The number of carboxylic acid groups (broad SMARTS) is 1. The number of H-pyrrole nitrogens is 2. The number of carbonyl (C=O) groups is 2. The first kappa shape index (κ1) is 45.3. The lowest BCUT2D eigenvalue weighted by Crippen LogP contribution is -2.43. The lowest BCUT2D eigenvalue weighted by Gasteiger charge is -2.27. The molecule has 8 N–H and O–H groups in total. The number of ether oxygens (including phenoxy) is 2. The van der Waals surface area contributed by atoms with Crippen molar-refractivity contribution in [1.82, 2.24) is 29.5 Å². The first-order valence-electron chi connectivity index (χ1n) is 19.5. The molecule has 4 aromatic rings. The molecule has 0 spiro atoms. The largest absolute Gasteiger partial charge is 0.508 e. The van der Waals surface area contributed by atoms with E-state index in [2.05, 4.69) is 20.4 Å². The summed E-state index contributed by atoms with van der Waals surface area (Å²) in [5.74, 6) is -2.20. The third-order valence-corrected chi connectivity index (χ3v) is 11.8. The molecule has 6 atom stereocenters. The van der Waals surface area contributed by atoms with E-state index in [1.165, 1.54) is 87.8 Å². The van der Waals surface area contributed by atoms with Gasteiger partial charge in [-0.15, -0.1) is 0 Å². The van der Waals surface area contributed by atoms with Crippen LogP contribution in [0.3, 0.4) is 0 Å². The van der Waals surface area contributed by atoms with Crippen molar-refractivity contribution in [3.63, 3.8) is 0 Å². The van der Waals surface area contributed by atoms with Crippen LogP contribution in [0.5, 0.6) is 5.75 Å². The highest BCUT2D eigenvalue weighted by atomic mass is 31.2. The lowest BCUT2D eigenvalue weighted by molar-refractivity contribution is -0.0409. The molecule has 0 bridgehead atoms. The van der Waals surface area contributed by atoms with Gasteiger partial charge >= 0.3 is 25.1 Å². The Morgan fingerprint density at radius 1 is 0.953 bits per heavy atom. The summed E-state index contributed by atoms with van der Waals surface area (Å²) < 4.78 is 38.5. The van der Waals surface area contributed by atoms with Gasteiger partial charge in [0.2, 0.25) is 0 Å². The summed E-state index contributed by atoms with van der Waals surface area (Å²) >= 11 is 0. The normalized spacial score (nSPS) is 18.2. The molecule has 1 amide bonds. The molecule has 1 fully saturated rings. The molecule has 0 radical (unpaired) electrons. The molecule has 0 saturated carbocycles. The number of phenolic OH excluding ortho intramolecular Hbond substituents is 1. The maximum Gasteiger partial charge on any atom is 0.403 e. The fraction of sp³-hybridized carbons (Fsp3) is 0.293. The van der Waals surface area contributed by atoms with Gasteiger partial charge in [0.15, 0.2) is 5.43 Å². The van der Waals surface area contributed by atoms with Gasteiger partial charge in [-0.2, -0.15) is 0 Å². The standard InChI is InChI=1S/C41H41N6O16P/c1-19-14-46(40(56)43-36(19)51)18-60-32(16-48)21(3)45-64(58,59)61-17-33-29(13-34(63-33)47-15-20(2)37(52)44-41(47)57)42-38(53)22-4-7-25(39(54)55)28(10-22)35-26-8-5-23(49)11-30(26)62-31-12-24(50)6-9-27(31)35/h4-12,14-15,21,29,32-34,48-49H,13,16-18H2,1-3H3,(H,42,53)(H,54,55)(H,43,51,56)(H,44,52,57)(H2,45,58,59)/t21?,29?,32-,33-,34-/m1/s1. The molecule has 22 nitrogen and oxygen atoms in total. The van der Waals surface area contributed by atoms with Gasteiger partial charge in [-0.1, -0.05) is 0 Å². The van der Waals surface area contributed by atoms with Crippen molar-refractivity contribution in [2.45, 2.75) is 64.4 Å². The molecule has 3 aliphatic rings. The molecule has 64 heavy (non-hydrogen) atoms. The maximum absolute atomic E-state index is 14.2. The van der Waals surface area contributed by atoms with E-state index in [9.17, 15) is 58.3 Å². The number of hydrogen-bond acceptors (Lipinski definition) is 14. The molecular weight excluding hydrogens is 863 g/mol. The molecule has 23 heteroatoms. The fourth-order valence-corrected chi connectivity index (χ4v) is 8.39. The number of hydrogen-bond donors (Lipinski definition) is 8. The minimum absolute atomic E-state index is 0.0541. The zero-order valence-corrected chi connectivity index (χ0v) is 35.0. The Hall–Kier alpha value is -6.78. The minimum atomic E-state index is -4.79. The molecule has 1 saturated heterocycles. The number of benzene rings is 3. The average Bonchev–Trinajstić information content (AvgIpc) is 3.63. The molecule has 2 aromatic heterocycles. The molecule has 7 rings (SSSR count). The summed E-state index contributed by atoms with van der Waals surface area (Å²) in [6, 6.07) is 9.73. The van der Waals surface area contributed by atoms with Crippen molar-refractivity contribution in [2.24, 2.45) is 0 Å². The Kier molecular flexibility index (Phi) is 12.8. The number of aryl methyl sites for hydroxylation is 2. The summed E-state index contributed by atoms with van der Waals surface area (Å²) in [6.07, 6.45) is -1.19. The number of aromatic amines is 2. The predicted molar refractivity (Wildman–Crippen MR) is 225 cm³/mol. The van der Waals surface area contributed by atoms with E-state index in [-0.39, 0.29) is 56.9 Å². The smallest absolute Gasteiger partial charge is 0.403 e. The van der Waals surface area contributed by atoms with Gasteiger partial charge in [0.25, 0.3) is 17.0 Å². The molecular formula is C41H41N6O16P. The Morgan fingerprint density at radius 3 is 2.39 bits per heavy atom. The van der Waals surface area contributed by atoms with Crippen LogP contribution < -0.4 is 38.3 Å². The number of aromatic nitrogens is 4. The first-order chi connectivity index (χ1) is 30.3. The predicted octanol–water partition coefficient (Wildman–Crippen LogP) is 1.50. The van der Waals surface area contributed by atoms with Crippen LogP contribution in [0, 0.1) is 13.8 Å². The van der Waals surface area contributed by atoms with Crippen LogP contribution in [0.15, 0.2) is 95.4 Å². The molecule has 336 valence electrons. The van der Waals surface area contributed by atoms with Gasteiger partial charge < -0.3 is 39.4 Å². The number of aliphatic hydroxyl groups excluding tert-OH is 1. The number of nitrogens with one attached hydrogen (secondary N) is 4. The quantitative estimate of drug-likeness (QED) is 0.0535. The van der Waals surface area contributed by atoms with E-state index in [4.69, 9.17) is 18.4 Å². The molecule has 2 aromatic carbocycles. The van der Waals surface area contributed by atoms with Gasteiger partial charge in [0, 0.05) is 70.2 Å². The third kappa shape index (κ3) is 9.57. The van der Waals surface area contributed by atoms with E-state index in [1.54, 1.807) is 0 Å². The minimum Gasteiger partial charge on any atom is -0.508 e. The van der Waals surface area contributed by atoms with Crippen LogP contribution in [0.25, 0.3) is 33.4 Å². The number of rotatable bonds is 15. The summed E-state index contributed by atoms with van der Waals surface area (Å²) in [5, 5.41) is 36.0. The second-order valence-electron chi connectivity index (χ2n) is 15.1. The highest BCUT2D eigenvalue weighted by Gasteiger charge is 2.40. The maximum atomic E-state index is 14.2. The van der Waals surface area contributed by atoms with Gasteiger partial charge in [0.05, 0.1) is 30.9 Å². The van der Waals surface area contributed by atoms with Crippen LogP contribution in [0.4, 0.5) is 0 Å². The van der Waals surface area contributed by atoms with Crippen LogP contribution in [-0.4, -0.2) is 88.7 Å². The average molecular weight is 905 g/mol. The number of carbonyl (C=O) groups excluding carboxylic acids is 1. The number of aromatic hydroxyl groups is 1. The van der Waals surface area contributed by atoms with E-state index in [0.717, 1.165) is 9.13 Å². The summed E-state index contributed by atoms with van der Waals surface area (Å²) in [7, 11) is -4.79. The second-order valence-corrected chi connectivity index (χ2v) is 16.7. The van der Waals surface area contributed by atoms with Gasteiger partial charge in [-0.05, 0) is 68.8 Å². The number of fused-ring (bicyclic) bond motifs is 2. The zero-order chi connectivity index (χ0) is 46.2. The van der Waals surface area contributed by atoms with Crippen molar-refractivity contribution < 1.29 is 52.8 Å². The number of amides is 1. The van der Waals surface area contributed by atoms with Crippen molar-refractivity contribution in [3.05, 3.63) is 141 Å². The highest BCUT2D eigenvalue weighted by Crippen LogP contribution is 2.43. The topological polar surface area (TPSA) is 324 Å². The van der Waals surface area contributed by atoms with Crippen LogP contribution >= 0.6 is 7.75 Å². The number of carboxylic acids is 1. The van der Waals surface area contributed by atoms with Gasteiger partial charge in [-0.25, -0.2) is 24.0 Å². The van der Waals surface area contributed by atoms with E-state index >= 15 is 0 Å². The molecule has 4 heterocycles. The monoisotopic (exact) mass is 904 g/mol. The Bertz CT molecular complexity index is 3120. The first-order valence-corrected chi connectivity index (χ1v) is 21.0. The number of phenols is 1. The molecule has 1 aliphatic carbocycles. The van der Waals surface area contributed by atoms with Crippen LogP contribution in [-0.2, 0) is 25.3 Å². The van der Waals surface area contributed by atoms with E-state index < -0.39 is 98.0 Å². The van der Waals surface area contributed by atoms with E-state index in [1.807, 2.05) is 0 Å². The summed E-state index contributed by atoms with van der Waals surface area (Å²) in [4.78, 5) is 103. The SMILES string of the molecule is Cc1cn(CO[C@H](CO)C(C)NP(=O)(O)OC[C@H]2O[C@@H](n3cc(C)c(=O)[nH]c3=O)CC2NC(=O)c2ccc(C(=O)O)c(-c3c4ccc(=O)cc-4oc4cc(O)ccc34)c2)c(=O)[nH]c1=O. The summed E-state index contributed by atoms with van der Waals surface area (Å²) in [5.41, 5.74) is -2.39. The Labute approximate surface area is 359 Å².